The molecule has 0 aromatic carbocycles. The van der Waals surface area contributed by atoms with Gasteiger partial charge in [0.2, 0.25) is 0 Å². The molecule has 0 spiro atoms. The van der Waals surface area contributed by atoms with Crippen LogP contribution >= 0.6 is 0 Å². The summed E-state index contributed by atoms with van der Waals surface area (Å²) >= 11 is 0. The number of rotatable bonds is 0. The van der Waals surface area contributed by atoms with Crippen LogP contribution in [0.4, 0.5) is 0 Å². The van der Waals surface area contributed by atoms with Crippen LogP contribution in [0.5, 0.6) is 0 Å². The van der Waals surface area contributed by atoms with Gasteiger partial charge in [-0.1, -0.05) is 0 Å². The van der Waals surface area contributed by atoms with Gasteiger partial charge in [-0.05, 0) is 0 Å². The summed E-state index contributed by atoms with van der Waals surface area (Å²) < 4.78 is 51.7. The topological polar surface area (TPSA) is 203 Å². The number of hydrogen-bond donors (Lipinski definition) is 2. The molecule has 0 fully saturated rings. The largest absolute Gasteiger partial charge is 0.412 e. The van der Waals surface area contributed by atoms with E-state index in [-0.39, 0.29) is 16.4 Å². The first kappa shape index (κ1) is 29.3. The Hall–Kier alpha value is -0.300. The van der Waals surface area contributed by atoms with Crippen LogP contribution in [0.2, 0.25) is 0 Å². The van der Waals surface area contributed by atoms with E-state index < -0.39 is 20.2 Å². The lowest BCUT2D eigenvalue weighted by atomic mass is 12.0. The minimum Gasteiger partial charge on any atom is -0.412 e. The van der Waals surface area contributed by atoms with Gasteiger partial charge in [-0.15, -0.1) is 0 Å². The van der Waals surface area contributed by atoms with Crippen LogP contribution in [0, 0.1) is 0 Å². The van der Waals surface area contributed by atoms with E-state index in [0.717, 1.165) is 0 Å². The zero-order valence-electron chi connectivity index (χ0n) is 6.84. The van der Waals surface area contributed by atoms with Crippen molar-refractivity contribution in [2.24, 2.45) is 0 Å². The normalized spacial score (nSPS) is 8.92. The van der Waals surface area contributed by atoms with Crippen LogP contribution in [0.1, 0.15) is 0 Å². The first-order chi connectivity index (χ1) is 4.00. The lowest BCUT2D eigenvalue weighted by molar-refractivity contribution is 0.488. The van der Waals surface area contributed by atoms with E-state index in [0.29, 0.717) is 12.5 Å². The third kappa shape index (κ3) is 12200. The third-order valence-electron chi connectivity index (χ3n) is 0. The zero-order chi connectivity index (χ0) is 9.00. The quantitative estimate of drug-likeness (QED) is 0.415. The SMILES string of the molecule is CS(=O)(=O)O.CS(=O)(=O)O.O.O.O. The molecule has 0 saturated heterocycles. The van der Waals surface area contributed by atoms with Crippen LogP contribution < -0.4 is 0 Å². The van der Waals surface area contributed by atoms with Gasteiger partial charge in [0.05, 0.1) is 12.5 Å². The van der Waals surface area contributed by atoms with Gasteiger partial charge in [0.25, 0.3) is 20.2 Å². The summed E-state index contributed by atoms with van der Waals surface area (Å²) in [7, 11) is -7.33. The van der Waals surface area contributed by atoms with E-state index >= 15 is 0 Å². The molecule has 0 aromatic rings. The summed E-state index contributed by atoms with van der Waals surface area (Å²) in [6.07, 6.45) is 1.43. The molecule has 0 saturated carbocycles. The van der Waals surface area contributed by atoms with Crippen LogP contribution in [-0.4, -0.2) is 54.9 Å². The highest BCUT2D eigenvalue weighted by atomic mass is 32.2. The summed E-state index contributed by atoms with van der Waals surface area (Å²) in [5, 5.41) is 0. The second-order valence-electron chi connectivity index (χ2n) is 1.47. The van der Waals surface area contributed by atoms with Crippen molar-refractivity contribution >= 4 is 20.2 Å². The Morgan fingerprint density at radius 3 is 0.692 bits per heavy atom. The Labute approximate surface area is 75.8 Å². The molecule has 0 amide bonds. The van der Waals surface area contributed by atoms with Crippen molar-refractivity contribution in [2.45, 2.75) is 0 Å². The second-order valence-corrected chi connectivity index (χ2v) is 4.40. The molecule has 0 aliphatic rings. The van der Waals surface area contributed by atoms with Crippen molar-refractivity contribution in [3.05, 3.63) is 0 Å². The molecule has 88 valence electrons. The summed E-state index contributed by atoms with van der Waals surface area (Å²) in [4.78, 5) is 0. The average molecular weight is 246 g/mol. The molecule has 0 atom stereocenters. The Morgan fingerprint density at radius 1 is 0.692 bits per heavy atom. The molecule has 13 heavy (non-hydrogen) atoms. The summed E-state index contributed by atoms with van der Waals surface area (Å²) in [6.45, 7) is 0. The summed E-state index contributed by atoms with van der Waals surface area (Å²) in [5.74, 6) is 0. The van der Waals surface area contributed by atoms with Crippen molar-refractivity contribution < 1.29 is 42.4 Å². The van der Waals surface area contributed by atoms with Gasteiger partial charge >= 0.3 is 0 Å². The fraction of sp³-hybridized carbons (Fsp3) is 1.00. The summed E-state index contributed by atoms with van der Waals surface area (Å²) in [6, 6.07) is 0. The third-order valence-corrected chi connectivity index (χ3v) is 0. The van der Waals surface area contributed by atoms with E-state index in [4.69, 9.17) is 9.11 Å². The summed E-state index contributed by atoms with van der Waals surface area (Å²) in [5.41, 5.74) is 0. The Morgan fingerprint density at radius 2 is 0.692 bits per heavy atom. The minimum atomic E-state index is -3.67. The molecule has 0 aliphatic heterocycles. The first-order valence-corrected chi connectivity index (χ1v) is 5.54. The molecule has 0 radical (unpaired) electrons. The Bertz CT molecular complexity index is 212. The molecule has 0 bridgehead atoms. The predicted molar refractivity (Wildman–Crippen MR) is 45.8 cm³/mol. The Balaban J connectivity index is -0.0000000267. The monoisotopic (exact) mass is 246 g/mol. The van der Waals surface area contributed by atoms with E-state index in [2.05, 4.69) is 0 Å². The van der Waals surface area contributed by atoms with Gasteiger partial charge in [0, 0.05) is 0 Å². The molecule has 0 heterocycles. The van der Waals surface area contributed by atoms with Crippen LogP contribution in [0.25, 0.3) is 0 Å². The van der Waals surface area contributed by atoms with Crippen molar-refractivity contribution in [1.82, 2.24) is 0 Å². The number of hydrogen-bond acceptors (Lipinski definition) is 4. The van der Waals surface area contributed by atoms with Crippen LogP contribution in [0.15, 0.2) is 0 Å². The highest BCUT2D eigenvalue weighted by molar-refractivity contribution is 7.85. The van der Waals surface area contributed by atoms with Crippen molar-refractivity contribution in [3.63, 3.8) is 0 Å². The van der Waals surface area contributed by atoms with Crippen LogP contribution in [-0.2, 0) is 20.2 Å². The lowest BCUT2D eigenvalue weighted by Crippen LogP contribution is -1.88. The van der Waals surface area contributed by atoms with Crippen molar-refractivity contribution in [1.29, 1.82) is 0 Å². The smallest absolute Gasteiger partial charge is 0.261 e. The van der Waals surface area contributed by atoms with E-state index in [1.54, 1.807) is 0 Å². The predicted octanol–water partition coefficient (Wildman–Crippen LogP) is -3.47. The maximum Gasteiger partial charge on any atom is 0.261 e. The van der Waals surface area contributed by atoms with Gasteiger partial charge in [0.1, 0.15) is 0 Å². The van der Waals surface area contributed by atoms with E-state index in [9.17, 15) is 16.8 Å². The Kier molecular flexibility index (Phi) is 22.1. The highest BCUT2D eigenvalue weighted by Crippen LogP contribution is 1.60. The fourth-order valence-electron chi connectivity index (χ4n) is 0. The standard InChI is InChI=1S/2CH4O3S.3H2O/c2*1-5(2,3)4;;;/h2*1H3,(H,2,3,4);3*1H2. The molecule has 8 N–H and O–H groups in total. The molecule has 11 heteroatoms. The second kappa shape index (κ2) is 9.79. The molecule has 0 unspecified atom stereocenters. The molecule has 9 nitrogen and oxygen atoms in total. The van der Waals surface area contributed by atoms with Gasteiger partial charge in [-0.25, -0.2) is 0 Å². The zero-order valence-corrected chi connectivity index (χ0v) is 8.48. The van der Waals surface area contributed by atoms with Gasteiger partial charge in [-0.3, -0.25) is 9.11 Å². The average Bonchev–Trinajstić information content (AvgIpc) is 1.12. The van der Waals surface area contributed by atoms with Gasteiger partial charge < -0.3 is 16.4 Å². The van der Waals surface area contributed by atoms with E-state index in [1.165, 1.54) is 0 Å². The van der Waals surface area contributed by atoms with Crippen molar-refractivity contribution in [2.75, 3.05) is 12.5 Å². The fourth-order valence-corrected chi connectivity index (χ4v) is 0. The molecular weight excluding hydrogens is 232 g/mol. The first-order valence-electron chi connectivity index (χ1n) is 1.85. The van der Waals surface area contributed by atoms with Crippen LogP contribution in [0.3, 0.4) is 0 Å². The van der Waals surface area contributed by atoms with Crippen molar-refractivity contribution in [3.8, 4) is 0 Å². The molecule has 0 aromatic heterocycles. The van der Waals surface area contributed by atoms with Gasteiger partial charge in [-0.2, -0.15) is 16.8 Å². The van der Waals surface area contributed by atoms with Gasteiger partial charge in [0.15, 0.2) is 0 Å². The molecular formula is C2H14O9S2. The highest BCUT2D eigenvalue weighted by Gasteiger charge is 1.81. The minimum absolute atomic E-state index is 0. The lowest BCUT2D eigenvalue weighted by Gasteiger charge is -1.69. The van der Waals surface area contributed by atoms with E-state index in [1.807, 2.05) is 0 Å². The maximum absolute atomic E-state index is 9.19. The molecule has 0 aliphatic carbocycles. The molecule has 0 rings (SSSR count). The maximum atomic E-state index is 9.19.